The monoisotopic (exact) mass is 190 g/mol. The molecule has 0 aliphatic heterocycles. The zero-order chi connectivity index (χ0) is 10.0. The third-order valence-electron chi connectivity index (χ3n) is 4.45. The van der Waals surface area contributed by atoms with E-state index in [1.807, 2.05) is 0 Å². The van der Waals surface area contributed by atoms with Gasteiger partial charge in [0.2, 0.25) is 0 Å². The van der Waals surface area contributed by atoms with Crippen molar-refractivity contribution < 1.29 is 0 Å². The third kappa shape index (κ3) is 1.36. The quantitative estimate of drug-likeness (QED) is 0.563. The average Bonchev–Trinajstić information content (AvgIpc) is 2.20. The zero-order valence-electron chi connectivity index (χ0n) is 9.39. The second-order valence-corrected chi connectivity index (χ2v) is 4.89. The molecule has 0 heterocycles. The van der Waals surface area contributed by atoms with E-state index in [1.165, 1.54) is 44.9 Å². The van der Waals surface area contributed by atoms with Crippen molar-refractivity contribution in [2.45, 2.75) is 51.9 Å². The molecule has 0 nitrogen and oxygen atoms in total. The maximum atomic E-state index is 4.09. The Morgan fingerprint density at radius 2 is 2.00 bits per heavy atom. The summed E-state index contributed by atoms with van der Waals surface area (Å²) in [5, 5.41) is 0. The minimum absolute atomic E-state index is 0.426. The molecule has 2 aliphatic carbocycles. The Bertz CT molecular complexity index is 243. The van der Waals surface area contributed by atoms with Gasteiger partial charge in [0.25, 0.3) is 0 Å². The summed E-state index contributed by atoms with van der Waals surface area (Å²) in [6, 6.07) is 0. The van der Waals surface area contributed by atoms with Crippen molar-refractivity contribution in [2.24, 2.45) is 11.3 Å². The van der Waals surface area contributed by atoms with Gasteiger partial charge in [-0.05, 0) is 38.5 Å². The van der Waals surface area contributed by atoms with E-state index >= 15 is 0 Å². The van der Waals surface area contributed by atoms with Gasteiger partial charge in [-0.2, -0.15) is 0 Å². The SMILES string of the molecule is C=C[C@]1(C2CCCCC2)CC/C1=C\C. The molecule has 0 unspecified atom stereocenters. The minimum atomic E-state index is 0.426. The lowest BCUT2D eigenvalue weighted by Gasteiger charge is -2.50. The van der Waals surface area contributed by atoms with Crippen molar-refractivity contribution in [2.75, 3.05) is 0 Å². The van der Waals surface area contributed by atoms with Crippen LogP contribution in [-0.4, -0.2) is 0 Å². The van der Waals surface area contributed by atoms with Crippen molar-refractivity contribution in [1.29, 1.82) is 0 Å². The zero-order valence-corrected chi connectivity index (χ0v) is 9.39. The topological polar surface area (TPSA) is 0 Å². The van der Waals surface area contributed by atoms with E-state index in [1.54, 1.807) is 5.57 Å². The molecule has 0 amide bonds. The maximum Gasteiger partial charge on any atom is 0.0119 e. The van der Waals surface area contributed by atoms with Gasteiger partial charge in [-0.15, -0.1) is 6.58 Å². The summed E-state index contributed by atoms with van der Waals surface area (Å²) in [6.07, 6.45) is 14.5. The first-order chi connectivity index (χ1) is 6.83. The Morgan fingerprint density at radius 3 is 2.43 bits per heavy atom. The molecule has 1 atom stereocenters. The molecule has 0 radical (unpaired) electrons. The molecule has 0 bridgehead atoms. The predicted octanol–water partition coefficient (Wildman–Crippen LogP) is 4.48. The summed E-state index contributed by atoms with van der Waals surface area (Å²) in [5.41, 5.74) is 2.09. The first-order valence-electron chi connectivity index (χ1n) is 6.13. The second-order valence-electron chi connectivity index (χ2n) is 4.89. The van der Waals surface area contributed by atoms with E-state index in [0.717, 1.165) is 5.92 Å². The van der Waals surface area contributed by atoms with Gasteiger partial charge in [0, 0.05) is 5.41 Å². The van der Waals surface area contributed by atoms with Gasteiger partial charge >= 0.3 is 0 Å². The summed E-state index contributed by atoms with van der Waals surface area (Å²) in [7, 11) is 0. The molecule has 2 aliphatic rings. The van der Waals surface area contributed by atoms with E-state index in [9.17, 15) is 0 Å². The Hall–Kier alpha value is -0.520. The molecule has 2 fully saturated rings. The fourth-order valence-electron chi connectivity index (χ4n) is 3.45. The lowest BCUT2D eigenvalue weighted by atomic mass is 9.55. The normalized spacial score (nSPS) is 36.8. The minimum Gasteiger partial charge on any atom is -0.102 e. The average molecular weight is 190 g/mol. The van der Waals surface area contributed by atoms with Crippen LogP contribution >= 0.6 is 0 Å². The van der Waals surface area contributed by atoms with Crippen LogP contribution in [0, 0.1) is 11.3 Å². The van der Waals surface area contributed by atoms with Gasteiger partial charge in [-0.1, -0.05) is 37.0 Å². The molecule has 14 heavy (non-hydrogen) atoms. The fourth-order valence-corrected chi connectivity index (χ4v) is 3.45. The van der Waals surface area contributed by atoms with Crippen LogP contribution in [0.5, 0.6) is 0 Å². The van der Waals surface area contributed by atoms with Crippen LogP contribution in [0.1, 0.15) is 51.9 Å². The van der Waals surface area contributed by atoms with Gasteiger partial charge < -0.3 is 0 Å². The van der Waals surface area contributed by atoms with E-state index in [4.69, 9.17) is 0 Å². The highest BCUT2D eigenvalue weighted by Gasteiger charge is 2.44. The fraction of sp³-hybridized carbons (Fsp3) is 0.714. The largest absolute Gasteiger partial charge is 0.102 e. The molecule has 78 valence electrons. The summed E-state index contributed by atoms with van der Waals surface area (Å²) in [6.45, 7) is 6.28. The first-order valence-corrected chi connectivity index (χ1v) is 6.13. The number of allylic oxidation sites excluding steroid dienone is 3. The van der Waals surface area contributed by atoms with Crippen LogP contribution < -0.4 is 0 Å². The molecule has 0 N–H and O–H groups in total. The lowest BCUT2D eigenvalue weighted by Crippen LogP contribution is -2.39. The van der Waals surface area contributed by atoms with Crippen LogP contribution in [0.3, 0.4) is 0 Å². The van der Waals surface area contributed by atoms with E-state index in [-0.39, 0.29) is 0 Å². The van der Waals surface area contributed by atoms with Crippen LogP contribution in [0.4, 0.5) is 0 Å². The number of rotatable bonds is 2. The molecule has 2 saturated carbocycles. The highest BCUT2D eigenvalue weighted by molar-refractivity contribution is 5.30. The molecular formula is C14H22. The van der Waals surface area contributed by atoms with Crippen LogP contribution in [-0.2, 0) is 0 Å². The Labute approximate surface area is 88.1 Å². The van der Waals surface area contributed by atoms with Crippen molar-refractivity contribution >= 4 is 0 Å². The van der Waals surface area contributed by atoms with Crippen molar-refractivity contribution in [3.05, 3.63) is 24.3 Å². The molecule has 0 heteroatoms. The van der Waals surface area contributed by atoms with E-state index in [2.05, 4.69) is 25.7 Å². The van der Waals surface area contributed by atoms with Crippen LogP contribution in [0.15, 0.2) is 24.3 Å². The summed E-state index contributed by atoms with van der Waals surface area (Å²) >= 11 is 0. The number of hydrogen-bond acceptors (Lipinski definition) is 0. The molecule has 0 saturated heterocycles. The van der Waals surface area contributed by atoms with Crippen LogP contribution in [0.25, 0.3) is 0 Å². The first kappa shape index (κ1) is 10.0. The maximum absolute atomic E-state index is 4.09. The van der Waals surface area contributed by atoms with Crippen molar-refractivity contribution in [3.63, 3.8) is 0 Å². The van der Waals surface area contributed by atoms with Crippen molar-refractivity contribution in [1.82, 2.24) is 0 Å². The van der Waals surface area contributed by atoms with E-state index < -0.39 is 0 Å². The van der Waals surface area contributed by atoms with E-state index in [0.29, 0.717) is 5.41 Å². The highest BCUT2D eigenvalue weighted by atomic mass is 14.5. The Balaban J connectivity index is 2.15. The van der Waals surface area contributed by atoms with Gasteiger partial charge in [-0.25, -0.2) is 0 Å². The number of hydrogen-bond donors (Lipinski definition) is 0. The molecule has 0 spiro atoms. The third-order valence-corrected chi connectivity index (χ3v) is 4.45. The summed E-state index contributed by atoms with van der Waals surface area (Å²) < 4.78 is 0. The molecule has 2 rings (SSSR count). The van der Waals surface area contributed by atoms with Crippen LogP contribution in [0.2, 0.25) is 0 Å². The molecule has 0 aromatic carbocycles. The highest BCUT2D eigenvalue weighted by Crippen LogP contribution is 2.56. The predicted molar refractivity (Wildman–Crippen MR) is 62.2 cm³/mol. The Morgan fingerprint density at radius 1 is 1.29 bits per heavy atom. The summed E-state index contributed by atoms with van der Waals surface area (Å²) in [4.78, 5) is 0. The smallest absolute Gasteiger partial charge is 0.0119 e. The molecule has 0 aromatic rings. The van der Waals surface area contributed by atoms with Gasteiger partial charge in [0.05, 0.1) is 0 Å². The second kappa shape index (κ2) is 3.92. The van der Waals surface area contributed by atoms with Gasteiger partial charge in [0.1, 0.15) is 0 Å². The standard InChI is InChI=1S/C14H22/c1-3-12-10-11-14(12,4-2)13-8-6-5-7-9-13/h3-4,13H,2,5-11H2,1H3/b12-3+/t14-/m0/s1. The lowest BCUT2D eigenvalue weighted by molar-refractivity contribution is 0.147. The molecular weight excluding hydrogens is 168 g/mol. The van der Waals surface area contributed by atoms with Gasteiger partial charge in [-0.3, -0.25) is 0 Å². The Kier molecular flexibility index (Phi) is 2.80. The summed E-state index contributed by atoms with van der Waals surface area (Å²) in [5.74, 6) is 0.911. The van der Waals surface area contributed by atoms with Gasteiger partial charge in [0.15, 0.2) is 0 Å². The van der Waals surface area contributed by atoms with Crippen molar-refractivity contribution in [3.8, 4) is 0 Å². The molecule has 0 aromatic heterocycles.